The Morgan fingerprint density at radius 1 is 1.35 bits per heavy atom. The van der Waals surface area contributed by atoms with Crippen LogP contribution in [0.5, 0.6) is 0 Å². The lowest BCUT2D eigenvalue weighted by Gasteiger charge is -2.10. The van der Waals surface area contributed by atoms with Crippen molar-refractivity contribution in [2.75, 3.05) is 18.0 Å². The average molecular weight is 411 g/mol. The monoisotopic (exact) mass is 409 g/mol. The zero-order chi connectivity index (χ0) is 15.7. The van der Waals surface area contributed by atoms with Crippen LogP contribution in [0.1, 0.15) is 0 Å². The Labute approximate surface area is 128 Å². The van der Waals surface area contributed by atoms with Crippen molar-refractivity contribution in [2.45, 2.75) is 4.90 Å². The van der Waals surface area contributed by atoms with Crippen molar-refractivity contribution in [1.82, 2.24) is 4.72 Å². The molecule has 1 aromatic rings. The van der Waals surface area contributed by atoms with Crippen LogP contribution in [0.2, 0.25) is 5.02 Å². The molecule has 0 heterocycles. The van der Waals surface area contributed by atoms with E-state index in [0.29, 0.717) is 0 Å². The zero-order valence-corrected chi connectivity index (χ0v) is 13.7. The van der Waals surface area contributed by atoms with Crippen molar-refractivity contribution in [3.63, 3.8) is 0 Å². The fraction of sp³-hybridized carbons (Fsp3) is 0.250. The van der Waals surface area contributed by atoms with Gasteiger partial charge in [0.25, 0.3) is 0 Å². The van der Waals surface area contributed by atoms with E-state index in [4.69, 9.17) is 22.5 Å². The van der Waals surface area contributed by atoms with Gasteiger partial charge in [-0.15, -0.1) is 0 Å². The number of nitrogen functional groups attached to an aromatic ring is 1. The molecular weight excluding hydrogens is 401 g/mol. The summed E-state index contributed by atoms with van der Waals surface area (Å²) in [7, 11) is -8.15. The molecule has 1 aromatic carbocycles. The van der Waals surface area contributed by atoms with Crippen molar-refractivity contribution in [3.8, 4) is 0 Å². The third-order valence-corrected chi connectivity index (χ3v) is 5.74. The minimum Gasteiger partial charge on any atom is -0.395 e. The van der Waals surface area contributed by atoms with Crippen molar-refractivity contribution in [2.24, 2.45) is 5.14 Å². The average Bonchev–Trinajstić information content (AvgIpc) is 2.29. The first-order chi connectivity index (χ1) is 8.96. The Kier molecular flexibility index (Phi) is 5.38. The summed E-state index contributed by atoms with van der Waals surface area (Å²) in [6.07, 6.45) is 0. The van der Waals surface area contributed by atoms with Crippen LogP contribution in [0.25, 0.3) is 0 Å². The predicted octanol–water partition coefficient (Wildman–Crippen LogP) is 0.391. The van der Waals surface area contributed by atoms with Crippen LogP contribution >= 0.6 is 27.5 Å². The first-order valence-corrected chi connectivity index (χ1v) is 9.26. The van der Waals surface area contributed by atoms with Gasteiger partial charge < -0.3 is 5.73 Å². The number of anilines is 1. The highest BCUT2D eigenvalue weighted by atomic mass is 79.9. The second-order valence-electron chi connectivity index (χ2n) is 3.66. The Hall–Kier alpha value is -0.460. The van der Waals surface area contributed by atoms with Crippen molar-refractivity contribution >= 4 is 53.3 Å². The standard InChI is InChI=1S/C8H10BrClFN3O4S2/c9-6-4(10)3-5(7(11)8(6)12)20(17,18)14-1-2-19(13,15)16/h3,14H,1-2,12H2,(H2,13,15,16). The number of hydrogen-bond acceptors (Lipinski definition) is 5. The van der Waals surface area contributed by atoms with E-state index < -0.39 is 48.7 Å². The van der Waals surface area contributed by atoms with Gasteiger partial charge in [0.1, 0.15) is 4.90 Å². The molecule has 0 saturated carbocycles. The van der Waals surface area contributed by atoms with Crippen LogP contribution in [-0.2, 0) is 20.0 Å². The molecule has 0 unspecified atom stereocenters. The molecule has 0 fully saturated rings. The number of primary sulfonamides is 1. The van der Waals surface area contributed by atoms with Gasteiger partial charge in [0.15, 0.2) is 5.82 Å². The molecule has 1 rings (SSSR count). The molecule has 0 aliphatic rings. The highest BCUT2D eigenvalue weighted by Crippen LogP contribution is 2.34. The van der Waals surface area contributed by atoms with E-state index in [9.17, 15) is 21.2 Å². The highest BCUT2D eigenvalue weighted by molar-refractivity contribution is 9.10. The maximum Gasteiger partial charge on any atom is 0.243 e. The fourth-order valence-electron chi connectivity index (χ4n) is 1.19. The summed E-state index contributed by atoms with van der Waals surface area (Å²) in [5.74, 6) is -1.82. The van der Waals surface area contributed by atoms with Gasteiger partial charge in [-0.25, -0.2) is 31.1 Å². The smallest absolute Gasteiger partial charge is 0.243 e. The van der Waals surface area contributed by atoms with Crippen molar-refractivity contribution in [3.05, 3.63) is 21.4 Å². The summed E-state index contributed by atoms with van der Waals surface area (Å²) in [4.78, 5) is -0.780. The van der Waals surface area contributed by atoms with Crippen LogP contribution < -0.4 is 15.6 Å². The number of nitrogens with two attached hydrogens (primary N) is 2. The summed E-state index contributed by atoms with van der Waals surface area (Å²) >= 11 is 8.60. The molecule has 0 saturated heterocycles. The largest absolute Gasteiger partial charge is 0.395 e. The molecular formula is C8H10BrClFN3O4S2. The molecule has 0 radical (unpaired) electrons. The Balaban J connectivity index is 3.11. The molecule has 7 nitrogen and oxygen atoms in total. The third kappa shape index (κ3) is 4.27. The van der Waals surface area contributed by atoms with E-state index in [1.54, 1.807) is 0 Å². The van der Waals surface area contributed by atoms with E-state index in [-0.39, 0.29) is 9.50 Å². The summed E-state index contributed by atoms with van der Waals surface area (Å²) in [6, 6.07) is 0.858. The second kappa shape index (κ2) is 6.12. The van der Waals surface area contributed by atoms with E-state index in [1.807, 2.05) is 4.72 Å². The normalized spacial score (nSPS) is 12.6. The summed E-state index contributed by atoms with van der Waals surface area (Å²) in [5.41, 5.74) is 4.90. The fourth-order valence-corrected chi connectivity index (χ4v) is 3.42. The summed E-state index contributed by atoms with van der Waals surface area (Å²) < 4.78 is 60.8. The first kappa shape index (κ1) is 17.6. The van der Waals surface area contributed by atoms with Gasteiger partial charge >= 0.3 is 0 Å². The Morgan fingerprint density at radius 3 is 2.40 bits per heavy atom. The lowest BCUT2D eigenvalue weighted by atomic mass is 10.3. The molecule has 0 bridgehead atoms. The molecule has 0 amide bonds. The number of nitrogens with one attached hydrogen (secondary N) is 1. The molecule has 0 aliphatic heterocycles. The van der Waals surface area contributed by atoms with E-state index in [1.165, 1.54) is 0 Å². The molecule has 20 heavy (non-hydrogen) atoms. The minimum absolute atomic E-state index is 0.0279. The first-order valence-electron chi connectivity index (χ1n) is 4.89. The number of benzene rings is 1. The van der Waals surface area contributed by atoms with E-state index >= 15 is 0 Å². The zero-order valence-electron chi connectivity index (χ0n) is 9.73. The third-order valence-electron chi connectivity index (χ3n) is 2.12. The number of rotatable bonds is 5. The lowest BCUT2D eigenvalue weighted by Crippen LogP contribution is -2.32. The van der Waals surface area contributed by atoms with Crippen LogP contribution in [-0.4, -0.2) is 29.1 Å². The maximum absolute atomic E-state index is 13.8. The van der Waals surface area contributed by atoms with Gasteiger partial charge in [-0.3, -0.25) is 0 Å². The van der Waals surface area contributed by atoms with E-state index in [0.717, 1.165) is 6.07 Å². The van der Waals surface area contributed by atoms with Gasteiger partial charge in [-0.1, -0.05) is 11.6 Å². The van der Waals surface area contributed by atoms with Crippen LogP contribution in [0.15, 0.2) is 15.4 Å². The number of sulfonamides is 2. The minimum atomic E-state index is -4.31. The van der Waals surface area contributed by atoms with Crippen molar-refractivity contribution < 1.29 is 21.2 Å². The molecule has 0 aromatic heterocycles. The SMILES string of the molecule is Nc1c(F)c(S(=O)(=O)NCCS(N)(=O)=O)cc(Cl)c1Br. The molecule has 5 N–H and O–H groups in total. The van der Waals surface area contributed by atoms with Gasteiger partial charge in [-0.05, 0) is 22.0 Å². The summed E-state index contributed by atoms with van der Waals surface area (Å²) in [5, 5.41) is 4.62. The molecule has 0 aliphatic carbocycles. The van der Waals surface area contributed by atoms with Gasteiger partial charge in [0.05, 0.1) is 20.9 Å². The number of halogens is 3. The summed E-state index contributed by atoms with van der Waals surface area (Å²) in [6.45, 7) is -0.506. The predicted molar refractivity (Wildman–Crippen MR) is 76.7 cm³/mol. The van der Waals surface area contributed by atoms with Crippen LogP contribution in [0.4, 0.5) is 10.1 Å². The lowest BCUT2D eigenvalue weighted by molar-refractivity contribution is 0.559. The molecule has 0 spiro atoms. The van der Waals surface area contributed by atoms with Gasteiger partial charge in [0, 0.05) is 6.54 Å². The maximum atomic E-state index is 13.8. The second-order valence-corrected chi connectivity index (χ2v) is 8.33. The van der Waals surface area contributed by atoms with Crippen molar-refractivity contribution in [1.29, 1.82) is 0 Å². The van der Waals surface area contributed by atoms with Gasteiger partial charge in [-0.2, -0.15) is 0 Å². The molecule has 0 atom stereocenters. The quantitative estimate of drug-likeness (QED) is 0.477. The Bertz CT molecular complexity index is 739. The number of hydrogen-bond donors (Lipinski definition) is 3. The molecule has 114 valence electrons. The Morgan fingerprint density at radius 2 is 1.90 bits per heavy atom. The highest BCUT2D eigenvalue weighted by Gasteiger charge is 2.24. The van der Waals surface area contributed by atoms with Gasteiger partial charge in [0.2, 0.25) is 20.0 Å². The van der Waals surface area contributed by atoms with Crippen LogP contribution in [0.3, 0.4) is 0 Å². The molecule has 12 heteroatoms. The van der Waals surface area contributed by atoms with E-state index in [2.05, 4.69) is 15.9 Å². The topological polar surface area (TPSA) is 132 Å². The van der Waals surface area contributed by atoms with Crippen LogP contribution in [0, 0.1) is 5.82 Å².